The molecule has 0 saturated heterocycles. The van der Waals surface area contributed by atoms with Crippen molar-refractivity contribution >= 4 is 40.7 Å². The summed E-state index contributed by atoms with van der Waals surface area (Å²) in [4.78, 5) is 0. The molecule has 3 aromatic rings. The molecule has 0 radical (unpaired) electrons. The van der Waals surface area contributed by atoms with Crippen molar-refractivity contribution in [3.63, 3.8) is 0 Å². The van der Waals surface area contributed by atoms with E-state index in [2.05, 4.69) is 5.16 Å². The van der Waals surface area contributed by atoms with E-state index in [-0.39, 0.29) is 5.88 Å². The zero-order valence-electron chi connectivity index (χ0n) is 10.6. The van der Waals surface area contributed by atoms with Gasteiger partial charge in [0.2, 0.25) is 5.88 Å². The van der Waals surface area contributed by atoms with E-state index < -0.39 is 0 Å². The highest BCUT2D eigenvalue weighted by Crippen LogP contribution is 2.42. The van der Waals surface area contributed by atoms with Crippen LogP contribution in [0.25, 0.3) is 22.4 Å². The van der Waals surface area contributed by atoms with Crippen LogP contribution in [0, 0.1) is 0 Å². The number of aromatic nitrogens is 1. The van der Waals surface area contributed by atoms with Crippen LogP contribution in [0.4, 0.5) is 5.88 Å². The van der Waals surface area contributed by atoms with Crippen molar-refractivity contribution in [2.45, 2.75) is 0 Å². The summed E-state index contributed by atoms with van der Waals surface area (Å²) < 4.78 is 5.12. The minimum Gasteiger partial charge on any atom is -0.367 e. The summed E-state index contributed by atoms with van der Waals surface area (Å²) in [7, 11) is 0. The molecule has 0 aliphatic heterocycles. The van der Waals surface area contributed by atoms with Crippen LogP contribution in [0.3, 0.4) is 0 Å². The summed E-state index contributed by atoms with van der Waals surface area (Å²) in [5, 5.41) is 5.53. The smallest absolute Gasteiger partial charge is 0.230 e. The molecular formula is C15H9Cl3N2O. The zero-order valence-corrected chi connectivity index (χ0v) is 12.9. The van der Waals surface area contributed by atoms with Crippen molar-refractivity contribution in [3.8, 4) is 22.4 Å². The van der Waals surface area contributed by atoms with Gasteiger partial charge in [0, 0.05) is 10.6 Å². The average molecular weight is 340 g/mol. The van der Waals surface area contributed by atoms with Gasteiger partial charge < -0.3 is 10.3 Å². The molecule has 3 nitrogen and oxygen atoms in total. The fraction of sp³-hybridized carbons (Fsp3) is 0. The maximum Gasteiger partial charge on any atom is 0.230 e. The topological polar surface area (TPSA) is 52.0 Å². The van der Waals surface area contributed by atoms with E-state index in [1.54, 1.807) is 30.3 Å². The van der Waals surface area contributed by atoms with Crippen molar-refractivity contribution in [3.05, 3.63) is 57.5 Å². The third-order valence-corrected chi connectivity index (χ3v) is 3.90. The predicted octanol–water partition coefficient (Wildman–Crippen LogP) is 5.55. The zero-order chi connectivity index (χ0) is 15.0. The number of nitrogen functional groups attached to an aromatic ring is 1. The number of anilines is 1. The predicted molar refractivity (Wildman–Crippen MR) is 86.8 cm³/mol. The third-order valence-electron chi connectivity index (χ3n) is 3.03. The molecule has 0 aliphatic rings. The molecule has 0 unspecified atom stereocenters. The van der Waals surface area contributed by atoms with E-state index in [0.717, 1.165) is 5.56 Å². The van der Waals surface area contributed by atoms with E-state index in [1.165, 1.54) is 0 Å². The van der Waals surface area contributed by atoms with Crippen molar-refractivity contribution in [2.75, 3.05) is 5.73 Å². The molecule has 0 bridgehead atoms. The number of hydrogen-bond donors (Lipinski definition) is 1. The minimum atomic E-state index is 0.184. The molecule has 21 heavy (non-hydrogen) atoms. The van der Waals surface area contributed by atoms with Crippen LogP contribution in [0.2, 0.25) is 15.1 Å². The Morgan fingerprint density at radius 1 is 0.905 bits per heavy atom. The van der Waals surface area contributed by atoms with Gasteiger partial charge in [0.25, 0.3) is 0 Å². The first-order valence-corrected chi connectivity index (χ1v) is 7.17. The van der Waals surface area contributed by atoms with Crippen LogP contribution in [-0.2, 0) is 0 Å². The lowest BCUT2D eigenvalue weighted by molar-refractivity contribution is 0.439. The highest BCUT2D eigenvalue weighted by molar-refractivity contribution is 6.39. The summed E-state index contributed by atoms with van der Waals surface area (Å²) >= 11 is 18.5. The fourth-order valence-corrected chi connectivity index (χ4v) is 2.89. The standard InChI is InChI=1S/C15H9Cl3N2O/c16-9-4-1-3-8(7-9)12-14(20-21-15(12)19)13-10(17)5-2-6-11(13)18/h1-7H,19H2. The summed E-state index contributed by atoms with van der Waals surface area (Å²) in [6.07, 6.45) is 0. The molecule has 2 N–H and O–H groups in total. The van der Waals surface area contributed by atoms with Gasteiger partial charge in [0.1, 0.15) is 5.69 Å². The summed E-state index contributed by atoms with van der Waals surface area (Å²) in [5.41, 5.74) is 8.38. The maximum atomic E-state index is 6.23. The second-order valence-corrected chi connectivity index (χ2v) is 5.63. The third kappa shape index (κ3) is 2.60. The van der Waals surface area contributed by atoms with Crippen molar-refractivity contribution in [2.24, 2.45) is 0 Å². The Kier molecular flexibility index (Phi) is 3.81. The van der Waals surface area contributed by atoms with Crippen LogP contribution in [-0.4, -0.2) is 5.16 Å². The molecule has 0 saturated carbocycles. The Morgan fingerprint density at radius 3 is 2.24 bits per heavy atom. The molecule has 0 fully saturated rings. The monoisotopic (exact) mass is 338 g/mol. The van der Waals surface area contributed by atoms with Gasteiger partial charge in [-0.3, -0.25) is 0 Å². The average Bonchev–Trinajstić information content (AvgIpc) is 2.80. The lowest BCUT2D eigenvalue weighted by atomic mass is 10.0. The second kappa shape index (κ2) is 5.60. The minimum absolute atomic E-state index is 0.184. The van der Waals surface area contributed by atoms with E-state index in [1.807, 2.05) is 12.1 Å². The second-order valence-electron chi connectivity index (χ2n) is 4.38. The van der Waals surface area contributed by atoms with Crippen LogP contribution >= 0.6 is 34.8 Å². The molecule has 3 rings (SSSR count). The molecule has 0 spiro atoms. The number of nitrogens with zero attached hydrogens (tertiary/aromatic N) is 1. The van der Waals surface area contributed by atoms with Crippen LogP contribution in [0.15, 0.2) is 47.0 Å². The van der Waals surface area contributed by atoms with Crippen LogP contribution in [0.1, 0.15) is 0 Å². The van der Waals surface area contributed by atoms with Gasteiger partial charge in [-0.1, -0.05) is 58.2 Å². The first kappa shape index (κ1) is 14.3. The number of halogens is 3. The largest absolute Gasteiger partial charge is 0.367 e. The van der Waals surface area contributed by atoms with E-state index in [4.69, 9.17) is 45.1 Å². The highest BCUT2D eigenvalue weighted by atomic mass is 35.5. The van der Waals surface area contributed by atoms with Gasteiger partial charge >= 0.3 is 0 Å². The Hall–Kier alpha value is -1.68. The number of nitrogens with two attached hydrogens (primary N) is 1. The first-order valence-electron chi connectivity index (χ1n) is 6.03. The summed E-state index contributed by atoms with van der Waals surface area (Å²) in [5.74, 6) is 0.184. The van der Waals surface area contributed by atoms with Gasteiger partial charge in [0.05, 0.1) is 15.6 Å². The van der Waals surface area contributed by atoms with Gasteiger partial charge in [-0.15, -0.1) is 0 Å². The Labute approximate surface area is 136 Å². The number of hydrogen-bond acceptors (Lipinski definition) is 3. The first-order chi connectivity index (χ1) is 10.1. The molecule has 0 amide bonds. The molecule has 2 aromatic carbocycles. The normalized spacial score (nSPS) is 10.8. The van der Waals surface area contributed by atoms with Gasteiger partial charge in [-0.25, -0.2) is 0 Å². The van der Waals surface area contributed by atoms with Crippen molar-refractivity contribution in [1.82, 2.24) is 5.16 Å². The van der Waals surface area contributed by atoms with Crippen LogP contribution < -0.4 is 5.73 Å². The Balaban J connectivity index is 2.27. The van der Waals surface area contributed by atoms with Gasteiger partial charge in [-0.2, -0.15) is 0 Å². The molecule has 1 aromatic heterocycles. The van der Waals surface area contributed by atoms with E-state index in [9.17, 15) is 0 Å². The Bertz CT molecular complexity index is 794. The molecule has 0 atom stereocenters. The van der Waals surface area contributed by atoms with Crippen molar-refractivity contribution in [1.29, 1.82) is 0 Å². The molecule has 1 heterocycles. The molecule has 6 heteroatoms. The van der Waals surface area contributed by atoms with Gasteiger partial charge in [-0.05, 0) is 29.8 Å². The number of rotatable bonds is 2. The number of benzene rings is 2. The highest BCUT2D eigenvalue weighted by Gasteiger charge is 2.21. The summed E-state index contributed by atoms with van der Waals surface area (Å²) in [6.45, 7) is 0. The quantitative estimate of drug-likeness (QED) is 0.666. The van der Waals surface area contributed by atoms with Gasteiger partial charge in [0.15, 0.2) is 0 Å². The maximum absolute atomic E-state index is 6.23. The lowest BCUT2D eigenvalue weighted by Gasteiger charge is -2.07. The fourth-order valence-electron chi connectivity index (χ4n) is 2.12. The van der Waals surface area contributed by atoms with Crippen molar-refractivity contribution < 1.29 is 4.52 Å². The van der Waals surface area contributed by atoms with E-state index >= 15 is 0 Å². The molecule has 106 valence electrons. The molecular weight excluding hydrogens is 331 g/mol. The Morgan fingerprint density at radius 2 is 1.57 bits per heavy atom. The van der Waals surface area contributed by atoms with E-state index in [0.29, 0.717) is 31.9 Å². The SMILES string of the molecule is Nc1onc(-c2c(Cl)cccc2Cl)c1-c1cccc(Cl)c1. The summed E-state index contributed by atoms with van der Waals surface area (Å²) in [6, 6.07) is 12.5. The lowest BCUT2D eigenvalue weighted by Crippen LogP contribution is -1.89. The van der Waals surface area contributed by atoms with Crippen LogP contribution in [0.5, 0.6) is 0 Å². The molecule has 0 aliphatic carbocycles.